The van der Waals surface area contributed by atoms with Gasteiger partial charge in [0.05, 0.1) is 17.4 Å². The Bertz CT molecular complexity index is 702. The van der Waals surface area contributed by atoms with E-state index in [1.807, 2.05) is 32.0 Å². The molecule has 0 unspecified atom stereocenters. The predicted molar refractivity (Wildman–Crippen MR) is 82.9 cm³/mol. The molecule has 0 aliphatic rings. The molecule has 1 amide bonds. The molecular formula is C16H21N3O2. The van der Waals surface area contributed by atoms with Crippen molar-refractivity contribution in [3.8, 4) is 0 Å². The van der Waals surface area contributed by atoms with E-state index in [9.17, 15) is 9.59 Å². The number of fused-ring (bicyclic) bond motifs is 1. The van der Waals surface area contributed by atoms with Crippen molar-refractivity contribution in [1.29, 1.82) is 0 Å². The lowest BCUT2D eigenvalue weighted by atomic mass is 10.0. The lowest BCUT2D eigenvalue weighted by Gasteiger charge is -2.14. The van der Waals surface area contributed by atoms with Gasteiger partial charge in [-0.1, -0.05) is 26.0 Å². The van der Waals surface area contributed by atoms with E-state index in [4.69, 9.17) is 0 Å². The van der Waals surface area contributed by atoms with Gasteiger partial charge in [0.2, 0.25) is 5.91 Å². The lowest BCUT2D eigenvalue weighted by Crippen LogP contribution is -2.33. The molecule has 1 aromatic heterocycles. The minimum Gasteiger partial charge on any atom is -0.349 e. The Balaban J connectivity index is 2.25. The van der Waals surface area contributed by atoms with Crippen LogP contribution in [0.4, 0.5) is 0 Å². The third-order valence-electron chi connectivity index (χ3n) is 3.85. The second kappa shape index (κ2) is 6.52. The molecule has 0 atom stereocenters. The van der Waals surface area contributed by atoms with Crippen molar-refractivity contribution >= 4 is 16.8 Å². The summed E-state index contributed by atoms with van der Waals surface area (Å²) < 4.78 is 1.50. The van der Waals surface area contributed by atoms with E-state index in [1.54, 1.807) is 13.1 Å². The minimum atomic E-state index is -0.0904. The molecule has 0 fully saturated rings. The Hall–Kier alpha value is -2.17. The highest BCUT2D eigenvalue weighted by molar-refractivity contribution is 5.79. The highest BCUT2D eigenvalue weighted by Gasteiger charge is 2.15. The zero-order valence-corrected chi connectivity index (χ0v) is 12.7. The summed E-state index contributed by atoms with van der Waals surface area (Å²) >= 11 is 0. The smallest absolute Gasteiger partial charge is 0.261 e. The molecular weight excluding hydrogens is 266 g/mol. The molecule has 1 heterocycles. The van der Waals surface area contributed by atoms with Crippen molar-refractivity contribution in [1.82, 2.24) is 14.9 Å². The van der Waals surface area contributed by atoms with E-state index in [0.717, 1.165) is 12.8 Å². The third kappa shape index (κ3) is 3.12. The number of para-hydroxylation sites is 1. The maximum atomic E-state index is 12.3. The summed E-state index contributed by atoms with van der Waals surface area (Å²) in [5.74, 6) is 0.600. The van der Waals surface area contributed by atoms with Crippen LogP contribution in [0, 0.1) is 5.92 Å². The molecule has 2 rings (SSSR count). The van der Waals surface area contributed by atoms with E-state index in [2.05, 4.69) is 10.3 Å². The molecule has 5 heteroatoms. The van der Waals surface area contributed by atoms with Crippen LogP contribution in [0.25, 0.3) is 10.9 Å². The lowest BCUT2D eigenvalue weighted by molar-refractivity contribution is -0.125. The van der Waals surface area contributed by atoms with Gasteiger partial charge in [-0.3, -0.25) is 14.2 Å². The summed E-state index contributed by atoms with van der Waals surface area (Å²) in [6, 6.07) is 7.24. The van der Waals surface area contributed by atoms with Crippen molar-refractivity contribution in [3.05, 3.63) is 40.4 Å². The van der Waals surface area contributed by atoms with Crippen molar-refractivity contribution in [2.75, 3.05) is 0 Å². The number of hydrogen-bond acceptors (Lipinski definition) is 3. The quantitative estimate of drug-likeness (QED) is 0.914. The highest BCUT2D eigenvalue weighted by atomic mass is 16.2. The van der Waals surface area contributed by atoms with Gasteiger partial charge in [-0.15, -0.1) is 0 Å². The largest absolute Gasteiger partial charge is 0.349 e. The van der Waals surface area contributed by atoms with Crippen LogP contribution in [0.3, 0.4) is 0 Å². The first kappa shape index (κ1) is 15.2. The molecule has 1 aromatic carbocycles. The molecule has 0 saturated carbocycles. The van der Waals surface area contributed by atoms with Crippen molar-refractivity contribution in [3.63, 3.8) is 0 Å². The minimum absolute atomic E-state index is 0.0161. The fourth-order valence-corrected chi connectivity index (χ4v) is 2.39. The van der Waals surface area contributed by atoms with E-state index >= 15 is 0 Å². The van der Waals surface area contributed by atoms with Gasteiger partial charge in [0, 0.05) is 13.0 Å². The molecule has 1 N–H and O–H groups in total. The van der Waals surface area contributed by atoms with Crippen LogP contribution >= 0.6 is 0 Å². The summed E-state index contributed by atoms with van der Waals surface area (Å²) in [4.78, 5) is 28.7. The number of nitrogens with zero attached hydrogens (tertiary/aromatic N) is 2. The van der Waals surface area contributed by atoms with Crippen LogP contribution in [0.1, 0.15) is 32.5 Å². The van der Waals surface area contributed by atoms with Crippen LogP contribution in [0.15, 0.2) is 29.1 Å². The monoisotopic (exact) mass is 287 g/mol. The van der Waals surface area contributed by atoms with Gasteiger partial charge in [-0.05, 0) is 25.0 Å². The van der Waals surface area contributed by atoms with E-state index in [-0.39, 0.29) is 23.9 Å². The molecule has 0 aliphatic carbocycles. The molecule has 0 radical (unpaired) electrons. The van der Waals surface area contributed by atoms with Crippen molar-refractivity contribution in [2.45, 2.75) is 33.2 Å². The predicted octanol–water partition coefficient (Wildman–Crippen LogP) is 1.99. The van der Waals surface area contributed by atoms with E-state index in [0.29, 0.717) is 16.7 Å². The zero-order chi connectivity index (χ0) is 15.4. The number of nitrogens with one attached hydrogen (secondary N) is 1. The van der Waals surface area contributed by atoms with Crippen molar-refractivity contribution in [2.24, 2.45) is 13.0 Å². The molecule has 0 aliphatic heterocycles. The van der Waals surface area contributed by atoms with Crippen LogP contribution in [-0.2, 0) is 18.4 Å². The number of amides is 1. The Morgan fingerprint density at radius 2 is 1.95 bits per heavy atom. The van der Waals surface area contributed by atoms with Gasteiger partial charge in [-0.25, -0.2) is 4.98 Å². The summed E-state index contributed by atoms with van der Waals surface area (Å²) in [5.41, 5.74) is 0.569. The van der Waals surface area contributed by atoms with Gasteiger partial charge in [0.25, 0.3) is 5.56 Å². The van der Waals surface area contributed by atoms with Crippen LogP contribution in [0.2, 0.25) is 0 Å². The molecule has 21 heavy (non-hydrogen) atoms. The van der Waals surface area contributed by atoms with Gasteiger partial charge in [0.15, 0.2) is 0 Å². The maximum absolute atomic E-state index is 12.3. The summed E-state index contributed by atoms with van der Waals surface area (Å²) in [6.07, 6.45) is 1.62. The first-order chi connectivity index (χ1) is 10.1. The number of benzene rings is 1. The van der Waals surface area contributed by atoms with E-state index < -0.39 is 0 Å². The van der Waals surface area contributed by atoms with Crippen LogP contribution in [-0.4, -0.2) is 15.5 Å². The van der Waals surface area contributed by atoms with Crippen LogP contribution in [0.5, 0.6) is 0 Å². The first-order valence-electron chi connectivity index (χ1n) is 7.30. The summed E-state index contributed by atoms with van der Waals surface area (Å²) in [6.45, 7) is 4.27. The first-order valence-corrected chi connectivity index (χ1v) is 7.30. The highest BCUT2D eigenvalue weighted by Crippen LogP contribution is 2.09. The molecule has 112 valence electrons. The second-order valence-corrected chi connectivity index (χ2v) is 5.14. The van der Waals surface area contributed by atoms with Gasteiger partial charge in [0.1, 0.15) is 5.82 Å². The normalized spacial score (nSPS) is 11.0. The second-order valence-electron chi connectivity index (χ2n) is 5.14. The number of carbonyl (C=O) groups excluding carboxylic acids is 1. The zero-order valence-electron chi connectivity index (χ0n) is 12.7. The third-order valence-corrected chi connectivity index (χ3v) is 3.85. The van der Waals surface area contributed by atoms with Gasteiger partial charge >= 0.3 is 0 Å². The number of rotatable bonds is 5. The number of hydrogen-bond donors (Lipinski definition) is 1. The van der Waals surface area contributed by atoms with Crippen LogP contribution < -0.4 is 10.9 Å². The molecule has 0 bridgehead atoms. The summed E-state index contributed by atoms with van der Waals surface area (Å²) in [5, 5.41) is 3.47. The average Bonchev–Trinajstić information content (AvgIpc) is 2.50. The van der Waals surface area contributed by atoms with E-state index in [1.165, 1.54) is 4.57 Å². The number of aromatic nitrogens is 2. The Morgan fingerprint density at radius 3 is 2.62 bits per heavy atom. The molecule has 0 saturated heterocycles. The standard InChI is InChI=1S/C16H21N3O2/c1-4-11(5-2)15(20)17-10-14-18-13-9-7-6-8-12(13)16(21)19(14)3/h6-9,11H,4-5,10H2,1-3H3,(H,17,20). The summed E-state index contributed by atoms with van der Waals surface area (Å²) in [7, 11) is 1.68. The Kier molecular flexibility index (Phi) is 4.73. The Morgan fingerprint density at radius 1 is 1.29 bits per heavy atom. The molecule has 5 nitrogen and oxygen atoms in total. The molecule has 0 spiro atoms. The topological polar surface area (TPSA) is 64.0 Å². The van der Waals surface area contributed by atoms with Gasteiger partial charge < -0.3 is 5.32 Å². The average molecular weight is 287 g/mol. The fraction of sp³-hybridized carbons (Fsp3) is 0.438. The van der Waals surface area contributed by atoms with Crippen molar-refractivity contribution < 1.29 is 4.79 Å². The fourth-order valence-electron chi connectivity index (χ4n) is 2.39. The number of carbonyl (C=O) groups is 1. The van der Waals surface area contributed by atoms with Gasteiger partial charge in [-0.2, -0.15) is 0 Å². The maximum Gasteiger partial charge on any atom is 0.261 e. The Labute approximate surface area is 124 Å². The SMILES string of the molecule is CCC(CC)C(=O)NCc1nc2ccccc2c(=O)n1C. The molecule has 2 aromatic rings.